The van der Waals surface area contributed by atoms with Crippen molar-refractivity contribution in [1.82, 2.24) is 5.32 Å². The lowest BCUT2D eigenvalue weighted by molar-refractivity contribution is -0.161. The molecule has 0 spiro atoms. The highest BCUT2D eigenvalue weighted by atomic mass is 19.1. The Morgan fingerprint density at radius 1 is 1.04 bits per heavy atom. The average Bonchev–Trinajstić information content (AvgIpc) is 2.59. The summed E-state index contributed by atoms with van der Waals surface area (Å²) in [4.78, 5) is 47.6. The van der Waals surface area contributed by atoms with Gasteiger partial charge in [0.2, 0.25) is 5.91 Å². The Kier molecular flexibility index (Phi) is 7.04. The number of benzene rings is 1. The van der Waals surface area contributed by atoms with Crippen molar-refractivity contribution in [2.24, 2.45) is 17.6 Å². The minimum atomic E-state index is -1.46. The summed E-state index contributed by atoms with van der Waals surface area (Å²) in [6, 6.07) is 3.21. The quantitative estimate of drug-likeness (QED) is 0.525. The van der Waals surface area contributed by atoms with Crippen LogP contribution >= 0.6 is 0 Å². The van der Waals surface area contributed by atoms with E-state index in [-0.39, 0.29) is 5.56 Å². The number of amides is 2. The van der Waals surface area contributed by atoms with Gasteiger partial charge in [-0.05, 0) is 24.3 Å². The smallest absolute Gasteiger partial charge is 0.320 e. The largest absolute Gasteiger partial charge is 0.468 e. The molecule has 25 heavy (non-hydrogen) atoms. The van der Waals surface area contributed by atoms with E-state index < -0.39 is 47.4 Å². The summed E-state index contributed by atoms with van der Waals surface area (Å²) in [5.41, 5.74) is 5.37. The molecule has 8 nitrogen and oxygen atoms in total. The predicted octanol–water partition coefficient (Wildman–Crippen LogP) is 0.00770. The Hall–Kier alpha value is -2.97. The molecule has 1 aromatic carbocycles. The number of rotatable bonds is 7. The summed E-state index contributed by atoms with van der Waals surface area (Å²) in [5.74, 6) is -6.57. The van der Waals surface area contributed by atoms with Gasteiger partial charge in [0.25, 0.3) is 5.91 Å². The summed E-state index contributed by atoms with van der Waals surface area (Å²) in [6.45, 7) is 1.37. The molecular weight excluding hydrogens is 335 g/mol. The number of halogens is 1. The molecule has 0 saturated carbocycles. The second kappa shape index (κ2) is 8.76. The van der Waals surface area contributed by atoms with Gasteiger partial charge in [-0.25, -0.2) is 4.39 Å². The van der Waals surface area contributed by atoms with Crippen LogP contribution in [0.3, 0.4) is 0 Å². The molecular formula is C16H19FN2O6. The summed E-state index contributed by atoms with van der Waals surface area (Å²) in [7, 11) is 2.14. The van der Waals surface area contributed by atoms with E-state index in [0.717, 1.165) is 26.4 Å². The Morgan fingerprint density at radius 3 is 1.92 bits per heavy atom. The zero-order chi connectivity index (χ0) is 19.1. The first-order valence-corrected chi connectivity index (χ1v) is 7.24. The number of nitrogens with two attached hydrogens (primary N) is 1. The fraction of sp³-hybridized carbons (Fsp3) is 0.375. The maximum absolute atomic E-state index is 12.9. The molecule has 0 aliphatic heterocycles. The SMILES string of the molecule is COC(=O)C(C(=O)OC)[C@H](C)[C@H](NC(=O)c1ccc(F)cc1)C(N)=O. The van der Waals surface area contributed by atoms with Gasteiger partial charge in [-0.1, -0.05) is 6.92 Å². The highest BCUT2D eigenvalue weighted by Crippen LogP contribution is 2.20. The maximum Gasteiger partial charge on any atom is 0.320 e. The highest BCUT2D eigenvalue weighted by Gasteiger charge is 2.41. The van der Waals surface area contributed by atoms with Crippen LogP contribution < -0.4 is 11.1 Å². The molecule has 1 aromatic rings. The zero-order valence-corrected chi connectivity index (χ0v) is 13.9. The maximum atomic E-state index is 12.9. The van der Waals surface area contributed by atoms with Gasteiger partial charge in [-0.3, -0.25) is 19.2 Å². The highest BCUT2D eigenvalue weighted by molar-refractivity contribution is 5.99. The fourth-order valence-corrected chi connectivity index (χ4v) is 2.26. The van der Waals surface area contributed by atoms with E-state index in [9.17, 15) is 23.6 Å². The third kappa shape index (κ3) is 5.00. The summed E-state index contributed by atoms with van der Waals surface area (Å²) >= 11 is 0. The van der Waals surface area contributed by atoms with E-state index in [1.807, 2.05) is 0 Å². The van der Waals surface area contributed by atoms with E-state index in [4.69, 9.17) is 5.73 Å². The normalized spacial score (nSPS) is 12.8. The van der Waals surface area contributed by atoms with Gasteiger partial charge >= 0.3 is 11.9 Å². The van der Waals surface area contributed by atoms with E-state index >= 15 is 0 Å². The first kappa shape index (κ1) is 20.1. The van der Waals surface area contributed by atoms with Gasteiger partial charge in [0, 0.05) is 11.5 Å². The standard InChI is InChI=1S/C16H19FN2O6/c1-8(11(15(22)24-2)16(23)25-3)12(13(18)20)19-14(21)9-4-6-10(17)7-5-9/h4-8,11-12H,1-3H3,(H2,18,20)(H,19,21)/t8-,12-/m0/s1. The molecule has 0 unspecified atom stereocenters. The summed E-state index contributed by atoms with van der Waals surface area (Å²) in [6.07, 6.45) is 0. The molecule has 0 aliphatic rings. The number of ether oxygens (including phenoxy) is 2. The van der Waals surface area contributed by atoms with Crippen LogP contribution in [-0.2, 0) is 23.9 Å². The van der Waals surface area contributed by atoms with E-state index in [2.05, 4.69) is 14.8 Å². The summed E-state index contributed by atoms with van der Waals surface area (Å²) < 4.78 is 22.0. The van der Waals surface area contributed by atoms with Crippen molar-refractivity contribution in [1.29, 1.82) is 0 Å². The van der Waals surface area contributed by atoms with E-state index in [1.54, 1.807) is 0 Å². The molecule has 0 heterocycles. The number of hydrogen-bond donors (Lipinski definition) is 2. The fourth-order valence-electron chi connectivity index (χ4n) is 2.26. The molecule has 0 radical (unpaired) electrons. The number of carbonyl (C=O) groups is 4. The minimum Gasteiger partial charge on any atom is -0.468 e. The van der Waals surface area contributed by atoms with Crippen LogP contribution in [-0.4, -0.2) is 44.0 Å². The molecule has 9 heteroatoms. The molecule has 0 saturated heterocycles. The van der Waals surface area contributed by atoms with Crippen LogP contribution in [0.15, 0.2) is 24.3 Å². The lowest BCUT2D eigenvalue weighted by atomic mass is 9.86. The van der Waals surface area contributed by atoms with Crippen molar-refractivity contribution < 1.29 is 33.0 Å². The first-order valence-electron chi connectivity index (χ1n) is 7.24. The third-order valence-corrected chi connectivity index (χ3v) is 3.66. The number of methoxy groups -OCH3 is 2. The van der Waals surface area contributed by atoms with Crippen LogP contribution in [0.25, 0.3) is 0 Å². The molecule has 136 valence electrons. The molecule has 1 rings (SSSR count). The molecule has 0 aromatic heterocycles. The van der Waals surface area contributed by atoms with Gasteiger partial charge in [0.1, 0.15) is 11.9 Å². The third-order valence-electron chi connectivity index (χ3n) is 3.66. The van der Waals surface area contributed by atoms with Gasteiger partial charge in [0.05, 0.1) is 14.2 Å². The lowest BCUT2D eigenvalue weighted by Crippen LogP contribution is -2.52. The Labute approximate surface area is 143 Å². The minimum absolute atomic E-state index is 0.0764. The lowest BCUT2D eigenvalue weighted by Gasteiger charge is -2.26. The molecule has 0 bridgehead atoms. The Balaban J connectivity index is 3.06. The second-order valence-electron chi connectivity index (χ2n) is 5.24. The van der Waals surface area contributed by atoms with Crippen molar-refractivity contribution in [3.63, 3.8) is 0 Å². The molecule has 3 N–H and O–H groups in total. The number of hydrogen-bond acceptors (Lipinski definition) is 6. The number of esters is 2. The monoisotopic (exact) mass is 354 g/mol. The summed E-state index contributed by atoms with van der Waals surface area (Å²) in [5, 5.41) is 2.34. The van der Waals surface area contributed by atoms with Gasteiger partial charge in [-0.2, -0.15) is 0 Å². The van der Waals surface area contributed by atoms with Crippen molar-refractivity contribution in [2.45, 2.75) is 13.0 Å². The van der Waals surface area contributed by atoms with Crippen molar-refractivity contribution in [2.75, 3.05) is 14.2 Å². The van der Waals surface area contributed by atoms with Crippen molar-refractivity contribution in [3.8, 4) is 0 Å². The topological polar surface area (TPSA) is 125 Å². The van der Waals surface area contributed by atoms with Gasteiger partial charge in [-0.15, -0.1) is 0 Å². The van der Waals surface area contributed by atoms with Crippen LogP contribution in [0.5, 0.6) is 0 Å². The van der Waals surface area contributed by atoms with Crippen LogP contribution in [0.1, 0.15) is 17.3 Å². The average molecular weight is 354 g/mol. The van der Waals surface area contributed by atoms with Crippen molar-refractivity contribution >= 4 is 23.8 Å². The number of carbonyl (C=O) groups excluding carboxylic acids is 4. The van der Waals surface area contributed by atoms with Crippen LogP contribution in [0.2, 0.25) is 0 Å². The molecule has 0 fully saturated rings. The van der Waals surface area contributed by atoms with E-state index in [0.29, 0.717) is 0 Å². The Morgan fingerprint density at radius 2 is 1.52 bits per heavy atom. The molecule has 2 atom stereocenters. The van der Waals surface area contributed by atoms with Crippen LogP contribution in [0, 0.1) is 17.7 Å². The Bertz CT molecular complexity index is 645. The van der Waals surface area contributed by atoms with Crippen molar-refractivity contribution in [3.05, 3.63) is 35.6 Å². The zero-order valence-electron chi connectivity index (χ0n) is 13.9. The first-order chi connectivity index (χ1) is 11.7. The predicted molar refractivity (Wildman–Crippen MR) is 83.5 cm³/mol. The van der Waals surface area contributed by atoms with E-state index in [1.165, 1.54) is 19.1 Å². The molecule has 2 amide bonds. The van der Waals surface area contributed by atoms with Crippen LogP contribution in [0.4, 0.5) is 4.39 Å². The second-order valence-corrected chi connectivity index (χ2v) is 5.24. The van der Waals surface area contributed by atoms with Gasteiger partial charge in [0.15, 0.2) is 5.92 Å². The molecule has 0 aliphatic carbocycles. The number of nitrogens with one attached hydrogen (secondary N) is 1. The number of primary amides is 1. The van der Waals surface area contributed by atoms with Gasteiger partial charge < -0.3 is 20.5 Å².